The summed E-state index contributed by atoms with van der Waals surface area (Å²) in [6, 6.07) is 2.60. The fraction of sp³-hybridized carbons (Fsp3) is 0.692. The first-order valence-corrected chi connectivity index (χ1v) is 6.08. The van der Waals surface area contributed by atoms with Crippen molar-refractivity contribution < 1.29 is 4.42 Å². The lowest BCUT2D eigenvalue weighted by Gasteiger charge is -2.15. The minimum atomic E-state index is 0.485. The van der Waals surface area contributed by atoms with Crippen molar-refractivity contribution in [3.63, 3.8) is 0 Å². The zero-order valence-electron chi connectivity index (χ0n) is 9.75. The van der Waals surface area contributed by atoms with Gasteiger partial charge >= 0.3 is 0 Å². The number of hydrogen-bond donors (Lipinski definition) is 1. The highest BCUT2D eigenvalue weighted by Crippen LogP contribution is 2.36. The van der Waals surface area contributed by atoms with E-state index >= 15 is 0 Å². The molecule has 0 aromatic carbocycles. The summed E-state index contributed by atoms with van der Waals surface area (Å²) in [6.07, 6.45) is 8.30. The Hall–Kier alpha value is -0.760. The van der Waals surface area contributed by atoms with Crippen LogP contribution in [0.25, 0.3) is 0 Å². The first-order valence-electron chi connectivity index (χ1n) is 6.08. The summed E-state index contributed by atoms with van der Waals surface area (Å²) < 4.78 is 5.48. The highest BCUT2D eigenvalue weighted by molar-refractivity contribution is 5.21. The van der Waals surface area contributed by atoms with Gasteiger partial charge < -0.3 is 9.73 Å². The summed E-state index contributed by atoms with van der Waals surface area (Å²) in [5.74, 6) is 2.16. The zero-order valence-corrected chi connectivity index (χ0v) is 9.75. The van der Waals surface area contributed by atoms with E-state index in [9.17, 15) is 0 Å². The van der Waals surface area contributed by atoms with Crippen LogP contribution in [0, 0.1) is 5.92 Å². The van der Waals surface area contributed by atoms with Crippen molar-refractivity contribution in [2.45, 2.75) is 45.1 Å². The quantitative estimate of drug-likeness (QED) is 0.774. The molecule has 0 saturated heterocycles. The second-order valence-electron chi connectivity index (χ2n) is 4.51. The Morgan fingerprint density at radius 3 is 2.93 bits per heavy atom. The molecule has 1 aromatic heterocycles. The zero-order chi connectivity index (χ0) is 10.7. The molecule has 0 aliphatic heterocycles. The van der Waals surface area contributed by atoms with Gasteiger partial charge in [0, 0.05) is 18.0 Å². The molecule has 84 valence electrons. The molecular weight excluding hydrogens is 186 g/mol. The third-order valence-corrected chi connectivity index (χ3v) is 3.39. The van der Waals surface area contributed by atoms with Gasteiger partial charge in [-0.05, 0) is 31.9 Å². The molecule has 2 rings (SSSR count). The van der Waals surface area contributed by atoms with E-state index in [0.717, 1.165) is 18.1 Å². The van der Waals surface area contributed by atoms with Crippen LogP contribution in [-0.4, -0.2) is 7.05 Å². The van der Waals surface area contributed by atoms with Crippen LogP contribution in [0.1, 0.15) is 50.0 Å². The molecule has 0 bridgehead atoms. The average molecular weight is 207 g/mol. The lowest BCUT2D eigenvalue weighted by molar-refractivity contribution is 0.472. The molecule has 1 fully saturated rings. The maximum Gasteiger partial charge on any atom is 0.108 e. The van der Waals surface area contributed by atoms with Crippen LogP contribution in [0.4, 0.5) is 0 Å². The fourth-order valence-electron chi connectivity index (χ4n) is 2.21. The normalized spacial score (nSPS) is 18.0. The van der Waals surface area contributed by atoms with Crippen LogP contribution in [0.2, 0.25) is 0 Å². The minimum absolute atomic E-state index is 0.485. The first kappa shape index (κ1) is 10.7. The molecule has 0 amide bonds. The molecule has 15 heavy (non-hydrogen) atoms. The standard InChI is InChI=1S/C13H21NO/c1-3-13-11(8-9-15-13)12(14-2)7-6-10-4-5-10/h8-10,12,14H,3-7H2,1-2H3. The van der Waals surface area contributed by atoms with E-state index in [-0.39, 0.29) is 0 Å². The number of aryl methyl sites for hydroxylation is 1. The van der Waals surface area contributed by atoms with E-state index in [4.69, 9.17) is 4.42 Å². The Bertz CT molecular complexity index is 301. The monoisotopic (exact) mass is 207 g/mol. The SMILES string of the molecule is CCc1occc1C(CCC1CC1)NC. The number of rotatable bonds is 6. The average Bonchev–Trinajstić information content (AvgIpc) is 2.96. The van der Waals surface area contributed by atoms with E-state index in [0.29, 0.717) is 6.04 Å². The van der Waals surface area contributed by atoms with Crippen LogP contribution in [0.5, 0.6) is 0 Å². The highest BCUT2D eigenvalue weighted by atomic mass is 16.3. The van der Waals surface area contributed by atoms with Gasteiger partial charge in [-0.15, -0.1) is 0 Å². The Balaban J connectivity index is 1.97. The molecule has 1 aromatic rings. The molecule has 1 atom stereocenters. The van der Waals surface area contributed by atoms with E-state index in [1.165, 1.54) is 31.2 Å². The van der Waals surface area contributed by atoms with Crippen molar-refractivity contribution in [3.8, 4) is 0 Å². The largest absolute Gasteiger partial charge is 0.469 e. The van der Waals surface area contributed by atoms with Crippen LogP contribution >= 0.6 is 0 Å². The summed E-state index contributed by atoms with van der Waals surface area (Å²) in [6.45, 7) is 2.15. The van der Waals surface area contributed by atoms with Crippen LogP contribution < -0.4 is 5.32 Å². The summed E-state index contributed by atoms with van der Waals surface area (Å²) >= 11 is 0. The maximum absolute atomic E-state index is 5.48. The number of furan rings is 1. The summed E-state index contributed by atoms with van der Waals surface area (Å²) in [4.78, 5) is 0. The Morgan fingerprint density at radius 1 is 1.53 bits per heavy atom. The van der Waals surface area contributed by atoms with Gasteiger partial charge in [0.15, 0.2) is 0 Å². The van der Waals surface area contributed by atoms with Crippen LogP contribution in [0.3, 0.4) is 0 Å². The lowest BCUT2D eigenvalue weighted by Crippen LogP contribution is -2.17. The second kappa shape index (κ2) is 4.84. The predicted octanol–water partition coefficient (Wildman–Crippen LogP) is 3.29. The molecule has 1 saturated carbocycles. The molecular formula is C13H21NO. The third kappa shape index (κ3) is 2.63. The molecule has 0 spiro atoms. The smallest absolute Gasteiger partial charge is 0.108 e. The van der Waals surface area contributed by atoms with Crippen molar-refractivity contribution >= 4 is 0 Å². The summed E-state index contributed by atoms with van der Waals surface area (Å²) in [5.41, 5.74) is 1.36. The summed E-state index contributed by atoms with van der Waals surface area (Å²) in [5, 5.41) is 3.40. The van der Waals surface area contributed by atoms with Gasteiger partial charge in [0.2, 0.25) is 0 Å². The maximum atomic E-state index is 5.48. The molecule has 0 radical (unpaired) electrons. The van der Waals surface area contributed by atoms with Crippen LogP contribution in [0.15, 0.2) is 16.7 Å². The van der Waals surface area contributed by atoms with Crippen LogP contribution in [-0.2, 0) is 6.42 Å². The van der Waals surface area contributed by atoms with E-state index in [2.05, 4.69) is 18.3 Å². The third-order valence-electron chi connectivity index (χ3n) is 3.39. The van der Waals surface area contributed by atoms with Gasteiger partial charge in [-0.1, -0.05) is 19.8 Å². The van der Waals surface area contributed by atoms with E-state index in [1.807, 2.05) is 13.3 Å². The Morgan fingerprint density at radius 2 is 2.33 bits per heavy atom. The van der Waals surface area contributed by atoms with E-state index < -0.39 is 0 Å². The van der Waals surface area contributed by atoms with Crippen molar-refractivity contribution in [3.05, 3.63) is 23.7 Å². The van der Waals surface area contributed by atoms with Crippen molar-refractivity contribution in [1.82, 2.24) is 5.32 Å². The van der Waals surface area contributed by atoms with Gasteiger partial charge in [0.25, 0.3) is 0 Å². The van der Waals surface area contributed by atoms with Gasteiger partial charge in [-0.3, -0.25) is 0 Å². The topological polar surface area (TPSA) is 25.2 Å². The Labute approximate surface area is 92.1 Å². The molecule has 1 heterocycles. The van der Waals surface area contributed by atoms with E-state index in [1.54, 1.807) is 0 Å². The molecule has 2 heteroatoms. The lowest BCUT2D eigenvalue weighted by atomic mass is 10.0. The number of hydrogen-bond acceptors (Lipinski definition) is 2. The predicted molar refractivity (Wildman–Crippen MR) is 61.8 cm³/mol. The minimum Gasteiger partial charge on any atom is -0.469 e. The van der Waals surface area contributed by atoms with Gasteiger partial charge in [-0.2, -0.15) is 0 Å². The Kier molecular flexibility index (Phi) is 3.47. The van der Waals surface area contributed by atoms with Crippen molar-refractivity contribution in [2.75, 3.05) is 7.05 Å². The number of nitrogens with one attached hydrogen (secondary N) is 1. The molecule has 1 N–H and O–H groups in total. The molecule has 1 unspecified atom stereocenters. The first-order chi connectivity index (χ1) is 7.35. The second-order valence-corrected chi connectivity index (χ2v) is 4.51. The van der Waals surface area contributed by atoms with Gasteiger partial charge in [0.05, 0.1) is 6.26 Å². The molecule has 2 nitrogen and oxygen atoms in total. The van der Waals surface area contributed by atoms with Crippen molar-refractivity contribution in [2.24, 2.45) is 5.92 Å². The highest BCUT2D eigenvalue weighted by Gasteiger charge is 2.23. The summed E-state index contributed by atoms with van der Waals surface area (Å²) in [7, 11) is 2.05. The molecule has 1 aliphatic carbocycles. The van der Waals surface area contributed by atoms with Crippen molar-refractivity contribution in [1.29, 1.82) is 0 Å². The molecule has 1 aliphatic rings. The van der Waals surface area contributed by atoms with Gasteiger partial charge in [0.1, 0.15) is 5.76 Å². The van der Waals surface area contributed by atoms with Gasteiger partial charge in [-0.25, -0.2) is 0 Å². The fourth-order valence-corrected chi connectivity index (χ4v) is 2.21.